The van der Waals surface area contributed by atoms with E-state index in [9.17, 15) is 9.90 Å². The predicted octanol–water partition coefficient (Wildman–Crippen LogP) is 0.124. The van der Waals surface area contributed by atoms with E-state index in [4.69, 9.17) is 5.26 Å². The normalized spacial score (nSPS) is 19.3. The molecule has 0 bridgehead atoms. The summed E-state index contributed by atoms with van der Waals surface area (Å²) >= 11 is 0. The lowest BCUT2D eigenvalue weighted by Crippen LogP contribution is -2.55. The number of carboxylic acids is 1. The van der Waals surface area contributed by atoms with E-state index >= 15 is 0 Å². The van der Waals surface area contributed by atoms with Gasteiger partial charge in [-0.1, -0.05) is 0 Å². The minimum Gasteiger partial charge on any atom is -0.480 e. The molecule has 1 fully saturated rings. The Hall–Kier alpha value is -2.13. The largest absolute Gasteiger partial charge is 0.480 e. The van der Waals surface area contributed by atoms with Gasteiger partial charge < -0.3 is 15.3 Å². The van der Waals surface area contributed by atoms with Crippen molar-refractivity contribution in [3.05, 3.63) is 23.4 Å². The number of aryl methyl sites for hydroxylation is 1. The standard InChI is InChI=1S/C12H14N4O2/c1-8-4-9(6-13)5-11(15-8)16-3-2-14-7-10(16)12(17)18/h4-5,10,14H,2-3,7H2,1H3,(H,17,18). The Labute approximate surface area is 105 Å². The molecule has 6 heteroatoms. The van der Waals surface area contributed by atoms with Gasteiger partial charge in [0, 0.05) is 25.3 Å². The molecular formula is C12H14N4O2. The fourth-order valence-electron chi connectivity index (χ4n) is 2.06. The van der Waals surface area contributed by atoms with Crippen LogP contribution < -0.4 is 10.2 Å². The first kappa shape index (κ1) is 12.3. The summed E-state index contributed by atoms with van der Waals surface area (Å²) in [7, 11) is 0. The number of hydrogen-bond donors (Lipinski definition) is 2. The van der Waals surface area contributed by atoms with Gasteiger partial charge in [-0.3, -0.25) is 0 Å². The van der Waals surface area contributed by atoms with Crippen LogP contribution in [0, 0.1) is 18.3 Å². The van der Waals surface area contributed by atoms with E-state index < -0.39 is 12.0 Å². The van der Waals surface area contributed by atoms with Gasteiger partial charge in [-0.25, -0.2) is 9.78 Å². The van der Waals surface area contributed by atoms with E-state index in [1.165, 1.54) is 0 Å². The zero-order valence-corrected chi connectivity index (χ0v) is 10.1. The summed E-state index contributed by atoms with van der Waals surface area (Å²) < 4.78 is 0. The Kier molecular flexibility index (Phi) is 3.44. The third kappa shape index (κ3) is 2.41. The van der Waals surface area contributed by atoms with Crippen LogP contribution in [0.15, 0.2) is 12.1 Å². The fourth-order valence-corrected chi connectivity index (χ4v) is 2.06. The highest BCUT2D eigenvalue weighted by atomic mass is 16.4. The third-order valence-corrected chi connectivity index (χ3v) is 2.89. The minimum absolute atomic E-state index is 0.382. The summed E-state index contributed by atoms with van der Waals surface area (Å²) in [6.07, 6.45) is 0. The molecule has 1 aliphatic heterocycles. The molecule has 1 unspecified atom stereocenters. The molecule has 94 valence electrons. The summed E-state index contributed by atoms with van der Waals surface area (Å²) in [5, 5.41) is 21.2. The van der Waals surface area contributed by atoms with E-state index in [1.807, 2.05) is 0 Å². The van der Waals surface area contributed by atoms with Crippen molar-refractivity contribution in [1.82, 2.24) is 10.3 Å². The van der Waals surface area contributed by atoms with Crippen LogP contribution in [0.25, 0.3) is 0 Å². The first-order valence-corrected chi connectivity index (χ1v) is 5.71. The molecule has 1 aromatic rings. The second-order valence-corrected chi connectivity index (χ2v) is 4.22. The van der Waals surface area contributed by atoms with Gasteiger partial charge in [0.25, 0.3) is 0 Å². The molecule has 1 aliphatic rings. The highest BCUT2D eigenvalue weighted by Crippen LogP contribution is 2.18. The molecule has 2 N–H and O–H groups in total. The summed E-state index contributed by atoms with van der Waals surface area (Å²) in [4.78, 5) is 17.3. The highest BCUT2D eigenvalue weighted by Gasteiger charge is 2.29. The second kappa shape index (κ2) is 5.02. The Morgan fingerprint density at radius 3 is 3.11 bits per heavy atom. The number of nitriles is 1. The summed E-state index contributed by atoms with van der Waals surface area (Å²) in [6.45, 7) is 3.45. The molecule has 0 amide bonds. The van der Waals surface area contributed by atoms with Crippen LogP contribution in [0.1, 0.15) is 11.3 Å². The number of nitrogens with zero attached hydrogens (tertiary/aromatic N) is 3. The van der Waals surface area contributed by atoms with Crippen LogP contribution >= 0.6 is 0 Å². The SMILES string of the molecule is Cc1cc(C#N)cc(N2CCNCC2C(=O)O)n1. The van der Waals surface area contributed by atoms with Crippen molar-refractivity contribution in [2.75, 3.05) is 24.5 Å². The maximum absolute atomic E-state index is 11.2. The van der Waals surface area contributed by atoms with Crippen LogP contribution in [0.2, 0.25) is 0 Å². The van der Waals surface area contributed by atoms with Crippen LogP contribution in [-0.4, -0.2) is 41.7 Å². The first-order valence-electron chi connectivity index (χ1n) is 5.71. The van der Waals surface area contributed by atoms with Crippen LogP contribution in [0.5, 0.6) is 0 Å². The maximum atomic E-state index is 11.2. The topological polar surface area (TPSA) is 89.2 Å². The third-order valence-electron chi connectivity index (χ3n) is 2.89. The summed E-state index contributed by atoms with van der Waals surface area (Å²) in [6, 6.07) is 4.74. The summed E-state index contributed by atoms with van der Waals surface area (Å²) in [5.74, 6) is -0.329. The van der Waals surface area contributed by atoms with Gasteiger partial charge in [0.05, 0.1) is 11.6 Å². The summed E-state index contributed by atoms with van der Waals surface area (Å²) in [5.41, 5.74) is 1.21. The number of carboxylic acid groups (broad SMARTS) is 1. The van der Waals surface area contributed by atoms with Crippen molar-refractivity contribution in [3.63, 3.8) is 0 Å². The molecule has 18 heavy (non-hydrogen) atoms. The Morgan fingerprint density at radius 1 is 1.67 bits per heavy atom. The van der Waals surface area contributed by atoms with Gasteiger partial charge in [-0.2, -0.15) is 5.26 Å². The molecule has 2 heterocycles. The quantitative estimate of drug-likeness (QED) is 0.770. The Morgan fingerprint density at radius 2 is 2.44 bits per heavy atom. The minimum atomic E-state index is -0.885. The lowest BCUT2D eigenvalue weighted by atomic mass is 10.1. The number of anilines is 1. The van der Waals surface area contributed by atoms with Crippen LogP contribution in [0.4, 0.5) is 5.82 Å². The van der Waals surface area contributed by atoms with Crippen molar-refractivity contribution in [2.45, 2.75) is 13.0 Å². The molecule has 0 radical (unpaired) electrons. The van der Waals surface area contributed by atoms with Gasteiger partial charge in [0.1, 0.15) is 11.9 Å². The van der Waals surface area contributed by atoms with Gasteiger partial charge in [0.15, 0.2) is 0 Å². The number of carbonyl (C=O) groups is 1. The molecule has 0 aliphatic carbocycles. The maximum Gasteiger partial charge on any atom is 0.327 e. The molecule has 2 rings (SSSR count). The lowest BCUT2D eigenvalue weighted by Gasteiger charge is -2.34. The van der Waals surface area contributed by atoms with E-state index in [0.717, 1.165) is 0 Å². The average Bonchev–Trinajstić information content (AvgIpc) is 2.38. The van der Waals surface area contributed by atoms with Crippen molar-refractivity contribution in [2.24, 2.45) is 0 Å². The van der Waals surface area contributed by atoms with Crippen LogP contribution in [-0.2, 0) is 4.79 Å². The van der Waals surface area contributed by atoms with Gasteiger partial charge in [-0.15, -0.1) is 0 Å². The molecule has 0 saturated carbocycles. The molecule has 1 saturated heterocycles. The molecular weight excluding hydrogens is 232 g/mol. The van der Waals surface area contributed by atoms with E-state index in [2.05, 4.69) is 16.4 Å². The molecule has 0 aromatic carbocycles. The number of aliphatic carboxylic acids is 1. The van der Waals surface area contributed by atoms with E-state index in [1.54, 1.807) is 24.0 Å². The average molecular weight is 246 g/mol. The van der Waals surface area contributed by atoms with Gasteiger partial charge in [0.2, 0.25) is 0 Å². The van der Waals surface area contributed by atoms with E-state index in [-0.39, 0.29) is 0 Å². The molecule has 1 aromatic heterocycles. The van der Waals surface area contributed by atoms with Crippen molar-refractivity contribution in [3.8, 4) is 6.07 Å². The zero-order chi connectivity index (χ0) is 13.1. The number of piperazine rings is 1. The van der Waals surface area contributed by atoms with Crippen LogP contribution in [0.3, 0.4) is 0 Å². The number of hydrogen-bond acceptors (Lipinski definition) is 5. The van der Waals surface area contributed by atoms with Gasteiger partial charge in [-0.05, 0) is 19.1 Å². The van der Waals surface area contributed by atoms with Crippen molar-refractivity contribution in [1.29, 1.82) is 5.26 Å². The molecule has 0 spiro atoms. The number of pyridine rings is 1. The highest BCUT2D eigenvalue weighted by molar-refractivity contribution is 5.78. The molecule has 6 nitrogen and oxygen atoms in total. The molecule has 1 atom stereocenters. The Bertz CT molecular complexity index is 509. The number of rotatable bonds is 2. The Balaban J connectivity index is 2.36. The van der Waals surface area contributed by atoms with E-state index in [0.29, 0.717) is 36.7 Å². The monoisotopic (exact) mass is 246 g/mol. The van der Waals surface area contributed by atoms with Crippen molar-refractivity contribution < 1.29 is 9.90 Å². The van der Waals surface area contributed by atoms with Gasteiger partial charge >= 0.3 is 5.97 Å². The van der Waals surface area contributed by atoms with Crippen molar-refractivity contribution >= 4 is 11.8 Å². The smallest absolute Gasteiger partial charge is 0.327 e. The lowest BCUT2D eigenvalue weighted by molar-refractivity contribution is -0.138. The first-order chi connectivity index (χ1) is 8.61. The predicted molar refractivity (Wildman–Crippen MR) is 65.3 cm³/mol. The fraction of sp³-hybridized carbons (Fsp3) is 0.417. The zero-order valence-electron chi connectivity index (χ0n) is 10.1. The second-order valence-electron chi connectivity index (χ2n) is 4.22. The number of nitrogens with one attached hydrogen (secondary N) is 1. The number of aromatic nitrogens is 1.